The molecule has 13 rings (SSSR count). The maximum Gasteiger partial charge on any atom is 4.00 e. The third-order valence-corrected chi connectivity index (χ3v) is 32.0. The van der Waals surface area contributed by atoms with Gasteiger partial charge < -0.3 is 34.5 Å². The normalized spacial score (nSPS) is 12.2. The van der Waals surface area contributed by atoms with E-state index in [2.05, 4.69) is 166 Å². The Bertz CT molecular complexity index is 4620. The molecule has 0 atom stereocenters. The molecule has 8 bridgehead atoms. The van der Waals surface area contributed by atoms with Crippen molar-refractivity contribution in [1.82, 2.24) is 39.9 Å². The number of rotatable bonds is 42. The Labute approximate surface area is 685 Å². The van der Waals surface area contributed by atoms with Crippen LogP contribution < -0.4 is 19.6 Å². The van der Waals surface area contributed by atoms with Gasteiger partial charge in [0, 0.05) is 44.8 Å². The maximum absolute atomic E-state index is 13.2. The first-order valence-electron chi connectivity index (χ1n) is 44.7. The van der Waals surface area contributed by atoms with Gasteiger partial charge in [-0.1, -0.05) is 432 Å². The van der Waals surface area contributed by atoms with E-state index in [1.807, 2.05) is 48.5 Å². The minimum atomic E-state index is -2.23. The molecule has 0 saturated heterocycles. The zero-order valence-corrected chi connectivity index (χ0v) is 73.9. The number of nitrogens with zero attached hydrogens (tertiary/aromatic N) is 8. The third kappa shape index (κ3) is 25.9. The minimum Gasteiger partial charge on any atom is -0.858 e. The van der Waals surface area contributed by atoms with Crippen LogP contribution in [0.15, 0.2) is 146 Å². The summed E-state index contributed by atoms with van der Waals surface area (Å²) in [6, 6.07) is 56.4. The van der Waals surface area contributed by atoms with Gasteiger partial charge in [-0.25, -0.2) is 15.0 Å². The van der Waals surface area contributed by atoms with Gasteiger partial charge in [-0.05, 0) is 130 Å². The molecule has 13 heteroatoms. The van der Waals surface area contributed by atoms with Crippen molar-refractivity contribution in [2.75, 3.05) is 0 Å². The van der Waals surface area contributed by atoms with Crippen LogP contribution in [-0.2, 0) is 0 Å². The maximum atomic E-state index is 13.2. The Balaban J connectivity index is 0.000000203. The van der Waals surface area contributed by atoms with Gasteiger partial charge in [0.25, 0.3) is 0 Å². The first kappa shape index (κ1) is 88.1. The predicted molar refractivity (Wildman–Crippen MR) is 489 cm³/mol. The average Bonchev–Trinajstić information content (AvgIpc) is 1.60. The molecular weight excluding hydrogens is 1430 g/mol. The average molecular weight is 1560 g/mol. The van der Waals surface area contributed by atoms with Crippen LogP contribution in [0, 0.1) is 23.7 Å². The molecule has 0 unspecified atom stereocenters. The van der Waals surface area contributed by atoms with Crippen LogP contribution in [0.4, 0.5) is 0 Å². The fourth-order valence-corrected chi connectivity index (χ4v) is 26.8. The van der Waals surface area contributed by atoms with Gasteiger partial charge >= 0.3 is 11.0 Å². The van der Waals surface area contributed by atoms with E-state index in [9.17, 15) is 9.59 Å². The molecule has 0 saturated carbocycles. The van der Waals surface area contributed by atoms with Crippen LogP contribution in [0.2, 0.25) is 36.3 Å². The molecule has 10 nitrogen and oxygen atoms in total. The molecule has 3 aromatic heterocycles. The molecule has 8 aromatic carbocycles. The van der Waals surface area contributed by atoms with Crippen LogP contribution >= 0.6 is 0 Å². The summed E-state index contributed by atoms with van der Waals surface area (Å²) in [5.41, 5.74) is 5.67. The molecule has 2 aliphatic heterocycles. The molecule has 0 N–H and O–H groups in total. The first-order valence-corrected chi connectivity index (χ1v) is 49.8. The van der Waals surface area contributed by atoms with Crippen LogP contribution in [-0.4, -0.2) is 57.5 Å². The monoisotopic (exact) mass is 1560 g/mol. The second-order valence-electron chi connectivity index (χ2n) is 35.3. The van der Waals surface area contributed by atoms with Crippen molar-refractivity contribution in [1.29, 1.82) is 0 Å². The minimum absolute atomic E-state index is 0. The van der Waals surface area contributed by atoms with E-state index in [1.165, 1.54) is 205 Å². The summed E-state index contributed by atoms with van der Waals surface area (Å²) < 4.78 is 0. The van der Waals surface area contributed by atoms with E-state index in [4.69, 9.17) is 39.9 Å². The second kappa shape index (κ2) is 44.7. The number of hydrogen-bond donors (Lipinski definition) is 0. The number of unbranched alkanes of at least 4 members (excludes halogenated alkanes) is 30. The Hall–Kier alpha value is -7.27. The standard InChI is InChI=1S/C48H24N8.2C26H55OSi.Si/c1-2-10-26-18-34-33(17-25(26)9-1)41-49-42(34)54-44-37-21-29-13-5-6-14-30(29)22-38(37)46(51-44)56-48-40-24-32-16-8-7-15-31(32)23-39(40)47(52-48)55-45-36-20-28-12-4-3-11-27(28)19-35(36)43(50-45)53-41;2*1-6-7-8-9-10-11-12-13-14-15-16-17-18-19-20-21-22-28(27,23-25(2)3)24-26(4)5;/h1-24H;2*25-26H,6-24H2,1-5H3;/q-2;2*-1;+4. The Morgan fingerprint density at radius 2 is 0.442 bits per heavy atom. The van der Waals surface area contributed by atoms with Crippen LogP contribution in [0.5, 0.6) is 0 Å². The predicted octanol–water partition coefficient (Wildman–Crippen LogP) is 28.1. The zero-order chi connectivity index (χ0) is 78.7. The van der Waals surface area contributed by atoms with Crippen molar-refractivity contribution in [3.05, 3.63) is 146 Å². The van der Waals surface area contributed by atoms with Crippen molar-refractivity contribution >= 4 is 115 Å². The Kier molecular flexibility index (Phi) is 34.9. The number of benzene rings is 8. The topological polar surface area (TPSA) is 152 Å². The smallest absolute Gasteiger partial charge is 0.858 e. The van der Waals surface area contributed by atoms with E-state index in [0.717, 1.165) is 123 Å². The quantitative estimate of drug-likeness (QED) is 0.0267. The molecule has 0 aliphatic carbocycles. The molecule has 0 amide bonds. The summed E-state index contributed by atoms with van der Waals surface area (Å²) >= 11 is 0. The van der Waals surface area contributed by atoms with Crippen molar-refractivity contribution < 1.29 is 9.59 Å². The number of aromatic nitrogens is 8. The molecule has 5 heterocycles. The van der Waals surface area contributed by atoms with Crippen molar-refractivity contribution in [2.24, 2.45) is 23.7 Å². The molecular formula is C100H134N8O2Si3. The van der Waals surface area contributed by atoms with E-state index in [1.54, 1.807) is 0 Å². The molecule has 0 radical (unpaired) electrons. The van der Waals surface area contributed by atoms with Gasteiger partial charge in [-0.3, -0.25) is 0 Å². The van der Waals surface area contributed by atoms with Gasteiger partial charge in [-0.15, -0.1) is 0 Å². The number of hydrogen-bond acceptors (Lipinski definition) is 8. The van der Waals surface area contributed by atoms with E-state index < -0.39 is 16.6 Å². The van der Waals surface area contributed by atoms with Crippen LogP contribution in [0.1, 0.15) is 275 Å². The second-order valence-corrected chi connectivity index (χ2v) is 42.7. The van der Waals surface area contributed by atoms with Gasteiger partial charge in [0.2, 0.25) is 0 Å². The van der Waals surface area contributed by atoms with Crippen LogP contribution in [0.25, 0.3) is 133 Å². The fraction of sp³-hybridized carbons (Fsp3) is 0.520. The van der Waals surface area contributed by atoms with Gasteiger partial charge in [0.15, 0.2) is 11.6 Å². The zero-order valence-electron chi connectivity index (χ0n) is 70.9. The van der Waals surface area contributed by atoms with E-state index in [0.29, 0.717) is 69.6 Å². The van der Waals surface area contributed by atoms with E-state index >= 15 is 0 Å². The van der Waals surface area contributed by atoms with Gasteiger partial charge in [0.1, 0.15) is 0 Å². The first-order chi connectivity index (χ1) is 54.5. The van der Waals surface area contributed by atoms with Gasteiger partial charge in [-0.2, -0.15) is 0 Å². The summed E-state index contributed by atoms with van der Waals surface area (Å²) in [5.74, 6) is 4.49. The summed E-state index contributed by atoms with van der Waals surface area (Å²) in [6.07, 6.45) is 45.0. The van der Waals surface area contributed by atoms with Crippen molar-refractivity contribution in [2.45, 2.75) is 311 Å². The fourth-order valence-electron chi connectivity index (χ4n) is 17.9. The van der Waals surface area contributed by atoms with Gasteiger partial charge in [0.05, 0.1) is 11.6 Å². The number of fused-ring (bicyclic) bond motifs is 24. The molecule has 11 aromatic rings. The molecule has 2 aliphatic rings. The summed E-state index contributed by atoms with van der Waals surface area (Å²) in [7, 11) is -4.47. The molecule has 0 spiro atoms. The van der Waals surface area contributed by atoms with Crippen molar-refractivity contribution in [3.8, 4) is 45.6 Å². The summed E-state index contributed by atoms with van der Waals surface area (Å²) in [5, 5.41) is 12.2. The molecule has 113 heavy (non-hydrogen) atoms. The molecule has 598 valence electrons. The largest absolute Gasteiger partial charge is 4.00 e. The van der Waals surface area contributed by atoms with E-state index in [-0.39, 0.29) is 11.0 Å². The Morgan fingerprint density at radius 1 is 0.257 bits per heavy atom. The summed E-state index contributed by atoms with van der Waals surface area (Å²) in [6.45, 7) is 22.4. The SMILES string of the molecule is CCCCCCCCCCCCCCCCCC[Si]([O-])(CC(C)C)CC(C)C.CCCCCCCCCCCCCCCCCC[Si]([O-])(CC(C)C)CC(C)C.[Si+4].c1ccc2cc3c(cc2c1)-c1nc2nc(nc4[n-]c(nc5[n-]c(nc-3n1)c1cc3ccccc3cc51)c1cc3ccccc3cc41)-c1cc3ccccc3cc1-2. The third-order valence-electron chi connectivity index (χ3n) is 23.3. The van der Waals surface area contributed by atoms with Crippen molar-refractivity contribution in [3.63, 3.8) is 0 Å². The molecule has 0 fully saturated rings. The summed E-state index contributed by atoms with van der Waals surface area (Å²) in [4.78, 5) is 68.0. The Morgan fingerprint density at radius 3 is 0.655 bits per heavy atom. The van der Waals surface area contributed by atoms with Crippen LogP contribution in [0.3, 0.4) is 0 Å².